The van der Waals surface area contributed by atoms with Crippen molar-refractivity contribution < 1.29 is 9.53 Å². The lowest BCUT2D eigenvalue weighted by atomic mass is 10.1. The number of amides is 1. The van der Waals surface area contributed by atoms with Gasteiger partial charge in [-0.3, -0.25) is 9.78 Å². The number of nitrogens with zero attached hydrogens (tertiary/aromatic N) is 1. The molecule has 3 rings (SSSR count). The first-order valence-corrected chi connectivity index (χ1v) is 8.69. The van der Waals surface area contributed by atoms with Crippen LogP contribution in [0.25, 0.3) is 0 Å². The molecule has 5 heteroatoms. The summed E-state index contributed by atoms with van der Waals surface area (Å²) in [6, 6.07) is 18.3. The molecule has 0 aliphatic carbocycles. The number of carbonyl (C=O) groups is 1. The van der Waals surface area contributed by atoms with Gasteiger partial charge in [-0.25, -0.2) is 0 Å². The molecule has 0 aliphatic heterocycles. The van der Waals surface area contributed by atoms with E-state index in [1.807, 2.05) is 55.5 Å². The number of rotatable bonds is 6. The minimum absolute atomic E-state index is 0.159. The number of ether oxygens (including phenoxy) is 1. The van der Waals surface area contributed by atoms with E-state index in [1.165, 1.54) is 0 Å². The number of carbonyl (C=O) groups excluding carboxylic acids is 1. The van der Waals surface area contributed by atoms with Crippen LogP contribution in [0.4, 0.5) is 0 Å². The van der Waals surface area contributed by atoms with E-state index in [0.717, 1.165) is 11.1 Å². The molecular weight excluding hydrogens is 348 g/mol. The first-order valence-electron chi connectivity index (χ1n) is 8.31. The maximum Gasteiger partial charge on any atom is 0.255 e. The maximum absolute atomic E-state index is 12.7. The summed E-state index contributed by atoms with van der Waals surface area (Å²) in [5, 5.41) is 3.62. The Morgan fingerprint density at radius 2 is 1.88 bits per heavy atom. The van der Waals surface area contributed by atoms with Gasteiger partial charge in [-0.05, 0) is 36.8 Å². The molecule has 1 aromatic heterocycles. The van der Waals surface area contributed by atoms with Crippen LogP contribution in [0.3, 0.4) is 0 Å². The fraction of sp³-hybridized carbons (Fsp3) is 0.143. The lowest BCUT2D eigenvalue weighted by Gasteiger charge is -2.16. The molecule has 0 saturated carbocycles. The molecule has 1 heterocycles. The molecule has 0 saturated heterocycles. The van der Waals surface area contributed by atoms with Gasteiger partial charge in [0, 0.05) is 23.0 Å². The lowest BCUT2D eigenvalue weighted by molar-refractivity contribution is 0.0935. The van der Waals surface area contributed by atoms with Crippen LogP contribution in [0.15, 0.2) is 73.1 Å². The largest absolute Gasteiger partial charge is 0.488 e. The van der Waals surface area contributed by atoms with Crippen LogP contribution < -0.4 is 10.1 Å². The number of halogens is 1. The third-order valence-electron chi connectivity index (χ3n) is 4.00. The minimum atomic E-state index is -0.198. The monoisotopic (exact) mass is 366 g/mol. The SMILES string of the molecule is CC(NC(=O)c1ccccc1OCc1ccccc1Cl)c1cccnc1. The van der Waals surface area contributed by atoms with Crippen molar-refractivity contribution >= 4 is 17.5 Å². The summed E-state index contributed by atoms with van der Waals surface area (Å²) >= 11 is 6.16. The molecular formula is C21H19ClN2O2. The second-order valence-electron chi connectivity index (χ2n) is 5.86. The van der Waals surface area contributed by atoms with E-state index < -0.39 is 0 Å². The topological polar surface area (TPSA) is 51.2 Å². The molecule has 0 radical (unpaired) electrons. The van der Waals surface area contributed by atoms with Gasteiger partial charge in [-0.2, -0.15) is 0 Å². The summed E-state index contributed by atoms with van der Waals surface area (Å²) in [4.78, 5) is 16.8. The van der Waals surface area contributed by atoms with Gasteiger partial charge in [0.1, 0.15) is 12.4 Å². The molecule has 1 amide bonds. The second kappa shape index (κ2) is 8.50. The van der Waals surface area contributed by atoms with E-state index >= 15 is 0 Å². The maximum atomic E-state index is 12.7. The van der Waals surface area contributed by atoms with E-state index in [1.54, 1.807) is 24.5 Å². The molecule has 2 aromatic carbocycles. The zero-order valence-electron chi connectivity index (χ0n) is 14.4. The Kier molecular flexibility index (Phi) is 5.87. The fourth-order valence-electron chi connectivity index (χ4n) is 2.54. The molecule has 132 valence electrons. The Bertz CT molecular complexity index is 884. The predicted octanol–water partition coefficient (Wildman–Crippen LogP) is 4.81. The third-order valence-corrected chi connectivity index (χ3v) is 4.37. The average molecular weight is 367 g/mol. The Morgan fingerprint density at radius 3 is 2.65 bits per heavy atom. The number of nitrogens with one attached hydrogen (secondary N) is 1. The third kappa shape index (κ3) is 4.41. The van der Waals surface area contributed by atoms with Gasteiger partial charge in [0.25, 0.3) is 5.91 Å². The van der Waals surface area contributed by atoms with Crippen LogP contribution in [0.5, 0.6) is 5.75 Å². The average Bonchev–Trinajstić information content (AvgIpc) is 2.68. The molecule has 0 aliphatic rings. The Labute approximate surface area is 157 Å². The van der Waals surface area contributed by atoms with Gasteiger partial charge in [0.05, 0.1) is 11.6 Å². The van der Waals surface area contributed by atoms with Gasteiger partial charge in [0.2, 0.25) is 0 Å². The number of hydrogen-bond acceptors (Lipinski definition) is 3. The van der Waals surface area contributed by atoms with Crippen molar-refractivity contribution in [3.05, 3.63) is 94.8 Å². The van der Waals surface area contributed by atoms with Gasteiger partial charge in [0.15, 0.2) is 0 Å². The molecule has 1 N–H and O–H groups in total. The number of para-hydroxylation sites is 1. The van der Waals surface area contributed by atoms with Crippen LogP contribution in [-0.2, 0) is 6.61 Å². The minimum Gasteiger partial charge on any atom is -0.488 e. The number of hydrogen-bond donors (Lipinski definition) is 1. The van der Waals surface area contributed by atoms with Crippen LogP contribution >= 0.6 is 11.6 Å². The molecule has 1 unspecified atom stereocenters. The Morgan fingerprint density at radius 1 is 1.12 bits per heavy atom. The summed E-state index contributed by atoms with van der Waals surface area (Å²) in [7, 11) is 0. The summed E-state index contributed by atoms with van der Waals surface area (Å²) < 4.78 is 5.85. The highest BCUT2D eigenvalue weighted by atomic mass is 35.5. The first-order chi connectivity index (χ1) is 12.6. The smallest absolute Gasteiger partial charge is 0.255 e. The summed E-state index contributed by atoms with van der Waals surface area (Å²) in [6.45, 7) is 2.21. The van der Waals surface area contributed by atoms with Crippen molar-refractivity contribution in [2.24, 2.45) is 0 Å². The number of pyridine rings is 1. The zero-order valence-corrected chi connectivity index (χ0v) is 15.1. The van der Waals surface area contributed by atoms with E-state index in [4.69, 9.17) is 16.3 Å². The normalized spacial score (nSPS) is 11.6. The summed E-state index contributed by atoms with van der Waals surface area (Å²) in [6.07, 6.45) is 3.45. The molecule has 0 bridgehead atoms. The second-order valence-corrected chi connectivity index (χ2v) is 6.26. The van der Waals surface area contributed by atoms with Crippen LogP contribution in [0, 0.1) is 0 Å². The van der Waals surface area contributed by atoms with Gasteiger partial charge < -0.3 is 10.1 Å². The fourth-order valence-corrected chi connectivity index (χ4v) is 2.73. The molecule has 0 fully saturated rings. The molecule has 1 atom stereocenters. The predicted molar refractivity (Wildman–Crippen MR) is 102 cm³/mol. The highest BCUT2D eigenvalue weighted by Crippen LogP contribution is 2.23. The van der Waals surface area contributed by atoms with Crippen molar-refractivity contribution in [1.29, 1.82) is 0 Å². The van der Waals surface area contributed by atoms with Crippen LogP contribution in [0.2, 0.25) is 5.02 Å². The van der Waals surface area contributed by atoms with Crippen LogP contribution in [-0.4, -0.2) is 10.9 Å². The van der Waals surface area contributed by atoms with Crippen molar-refractivity contribution in [1.82, 2.24) is 10.3 Å². The molecule has 0 spiro atoms. The van der Waals surface area contributed by atoms with Gasteiger partial charge in [-0.1, -0.05) is 48.0 Å². The van der Waals surface area contributed by atoms with E-state index in [0.29, 0.717) is 22.9 Å². The number of aromatic nitrogens is 1. The van der Waals surface area contributed by atoms with Crippen molar-refractivity contribution in [3.8, 4) is 5.75 Å². The first kappa shape index (κ1) is 18.0. The summed E-state index contributed by atoms with van der Waals surface area (Å²) in [5.74, 6) is 0.319. The van der Waals surface area contributed by atoms with Gasteiger partial charge >= 0.3 is 0 Å². The van der Waals surface area contributed by atoms with Crippen molar-refractivity contribution in [2.45, 2.75) is 19.6 Å². The quantitative estimate of drug-likeness (QED) is 0.681. The molecule has 3 aromatic rings. The van der Waals surface area contributed by atoms with Crippen molar-refractivity contribution in [2.75, 3.05) is 0 Å². The Balaban J connectivity index is 1.72. The molecule has 4 nitrogen and oxygen atoms in total. The zero-order chi connectivity index (χ0) is 18.4. The van der Waals surface area contributed by atoms with Crippen molar-refractivity contribution in [3.63, 3.8) is 0 Å². The lowest BCUT2D eigenvalue weighted by Crippen LogP contribution is -2.27. The Hall–Kier alpha value is -2.85. The van der Waals surface area contributed by atoms with Crippen LogP contribution in [0.1, 0.15) is 34.5 Å². The summed E-state index contributed by atoms with van der Waals surface area (Å²) in [5.41, 5.74) is 2.29. The highest BCUT2D eigenvalue weighted by molar-refractivity contribution is 6.31. The van der Waals surface area contributed by atoms with E-state index in [9.17, 15) is 4.79 Å². The molecule has 26 heavy (non-hydrogen) atoms. The highest BCUT2D eigenvalue weighted by Gasteiger charge is 2.16. The van der Waals surface area contributed by atoms with E-state index in [2.05, 4.69) is 10.3 Å². The van der Waals surface area contributed by atoms with Gasteiger partial charge in [-0.15, -0.1) is 0 Å². The number of benzene rings is 2. The standard InChI is InChI=1S/C21H19ClN2O2/c1-15(16-8-6-12-23-13-16)24-21(25)18-9-3-5-11-20(18)26-14-17-7-2-4-10-19(17)22/h2-13,15H,14H2,1H3,(H,24,25). The van der Waals surface area contributed by atoms with E-state index in [-0.39, 0.29) is 11.9 Å².